The van der Waals surface area contributed by atoms with E-state index < -0.39 is 72.1 Å². The van der Waals surface area contributed by atoms with Crippen LogP contribution >= 0.6 is 11.6 Å². The number of aryl methyl sites for hydroxylation is 1. The van der Waals surface area contributed by atoms with Crippen molar-refractivity contribution in [1.29, 1.82) is 0 Å². The second-order valence-electron chi connectivity index (χ2n) is 20.2. The van der Waals surface area contributed by atoms with E-state index in [4.69, 9.17) is 21.1 Å². The van der Waals surface area contributed by atoms with Gasteiger partial charge < -0.3 is 24.6 Å². The molecular weight excluding hydrogens is 1090 g/mol. The number of nitrogens with zero attached hydrogens (tertiary/aromatic N) is 5. The van der Waals surface area contributed by atoms with Crippen molar-refractivity contribution in [2.24, 2.45) is 18.9 Å². The third-order valence-corrected chi connectivity index (χ3v) is 20.0. The number of nitrogens with one attached hydrogen (secondary N) is 3. The summed E-state index contributed by atoms with van der Waals surface area (Å²) in [4.78, 5) is 57.1. The Morgan fingerprint density at radius 2 is 1.61 bits per heavy atom. The van der Waals surface area contributed by atoms with Gasteiger partial charge in [0.15, 0.2) is 23.2 Å². The molecule has 4 aliphatic heterocycles. The smallest absolute Gasteiger partial charge is 0.443 e. The van der Waals surface area contributed by atoms with E-state index in [0.717, 1.165) is 50.6 Å². The highest BCUT2D eigenvalue weighted by molar-refractivity contribution is 6.34. The molecule has 74 heavy (non-hydrogen) atoms. The molecule has 3 N–H and O–H groups in total. The van der Waals surface area contributed by atoms with Crippen molar-refractivity contribution < 1.29 is 67.7 Å². The highest BCUT2D eigenvalue weighted by atomic mass is 127. The van der Waals surface area contributed by atoms with Gasteiger partial charge in [-0.05, 0) is 101 Å². The normalized spacial score (nSPS) is 23.0. The standard InChI is InChI=1S/C54H58ClF4IN8O6/c1-29-42-40(27-38(57)46(55)45(42)44-35(51(70)61-2)14-15-39(73-4)47(44)58)74-54(29,33-8-6-5-7-9-33)60-63-34-12-10-32(11-13-34)52(71)67-23-16-30(17-24-67)28-66-21-18-31(19-22-66)43-37(56)26-36-49(48(43)59)65(3)64-50(36)68-25-20-41(69)62-53(68)72/h5-9,14-15,26-27,29-32,34,63H,10-13,16-25,28H2,1-4H3,(H-,61,62,69,70,72)/p+1/t29-,32?,34?,54-/m0/s1. The number of carbonyl (C=O) groups is 4. The molecule has 0 radical (unpaired) electrons. The van der Waals surface area contributed by atoms with E-state index in [1.165, 1.54) is 48.0 Å². The number of fused-ring (bicyclic) bond motifs is 2. The molecule has 5 heterocycles. The SMILES string of the molecule is CNC(=O)c1ccc(OC)c(F)c1-c1c(Cl)c(F)cc2c1[C@H](C)[C@@]([I+]NC1CCC(C(=O)N3CCC(CN4CCC(c5c(F)cc6c(N7CCC(=O)NC7=O)nn(C)c6c5F)CC4)CC3)CC1)(c1ccccc1)O2. The molecule has 0 unspecified atom stereocenters. The summed E-state index contributed by atoms with van der Waals surface area (Å²) >= 11 is 5.69. The predicted octanol–water partition coefficient (Wildman–Crippen LogP) is 5.88. The number of aromatic nitrogens is 2. The number of carbonyl (C=O) groups excluding carboxylic acids is 4. The molecule has 4 fully saturated rings. The van der Waals surface area contributed by atoms with Gasteiger partial charge in [-0.2, -0.15) is 5.10 Å². The fourth-order valence-electron chi connectivity index (χ4n) is 11.9. The topological polar surface area (TPSA) is 150 Å². The van der Waals surface area contributed by atoms with E-state index in [1.807, 2.05) is 42.2 Å². The number of amides is 5. The third kappa shape index (κ3) is 9.47. The minimum Gasteiger partial charge on any atom is -0.494 e. The van der Waals surface area contributed by atoms with Gasteiger partial charge in [-0.1, -0.05) is 41.9 Å². The zero-order chi connectivity index (χ0) is 52.2. The lowest BCUT2D eigenvalue weighted by Crippen LogP contribution is -3.73. The quantitative estimate of drug-likeness (QED) is 0.0603. The molecule has 1 aromatic heterocycles. The van der Waals surface area contributed by atoms with E-state index in [9.17, 15) is 19.2 Å². The van der Waals surface area contributed by atoms with E-state index in [2.05, 4.69) is 24.2 Å². The van der Waals surface area contributed by atoms with Crippen LogP contribution in [-0.4, -0.2) is 103 Å². The van der Waals surface area contributed by atoms with Crippen LogP contribution in [0.5, 0.6) is 11.5 Å². The number of urea groups is 1. The number of alkyl halides is 1. The van der Waals surface area contributed by atoms with Gasteiger partial charge >= 0.3 is 31.1 Å². The molecule has 14 nitrogen and oxygen atoms in total. The molecule has 4 aromatic carbocycles. The maximum atomic E-state index is 16.4. The van der Waals surface area contributed by atoms with Crippen molar-refractivity contribution in [2.75, 3.05) is 58.3 Å². The molecule has 5 amide bonds. The monoisotopic (exact) mass is 1150 g/mol. The second-order valence-corrected chi connectivity index (χ2v) is 23.3. The fraction of sp³-hybridized carbons (Fsp3) is 0.463. The lowest BCUT2D eigenvalue weighted by atomic mass is 9.84. The van der Waals surface area contributed by atoms with Crippen LogP contribution < -0.4 is 50.0 Å². The first-order valence-electron chi connectivity index (χ1n) is 25.3. The molecule has 5 aliphatic rings. The van der Waals surface area contributed by atoms with Crippen molar-refractivity contribution in [3.05, 3.63) is 105 Å². The molecule has 2 atom stereocenters. The number of methoxy groups -OCH3 is 1. The number of piperidine rings is 2. The first-order chi connectivity index (χ1) is 35.6. The van der Waals surface area contributed by atoms with Gasteiger partial charge in [0.25, 0.3) is 5.91 Å². The lowest BCUT2D eigenvalue weighted by molar-refractivity contribution is -0.821. The molecule has 392 valence electrons. The van der Waals surface area contributed by atoms with Crippen molar-refractivity contribution in [3.63, 3.8) is 0 Å². The number of rotatable bonds is 12. The summed E-state index contributed by atoms with van der Waals surface area (Å²) in [7, 11) is 4.31. The minimum absolute atomic E-state index is 0.0253. The number of hydrogen-bond acceptors (Lipinski definition) is 9. The first-order valence-corrected chi connectivity index (χ1v) is 27.9. The van der Waals surface area contributed by atoms with Crippen LogP contribution in [0.25, 0.3) is 22.0 Å². The molecule has 1 aliphatic carbocycles. The summed E-state index contributed by atoms with van der Waals surface area (Å²) in [5.74, 6) is -4.02. The van der Waals surface area contributed by atoms with Crippen LogP contribution in [0.2, 0.25) is 5.02 Å². The Hall–Kier alpha value is -5.51. The van der Waals surface area contributed by atoms with Crippen molar-refractivity contribution >= 4 is 52.1 Å². The predicted molar refractivity (Wildman–Crippen MR) is 267 cm³/mol. The van der Waals surface area contributed by atoms with Gasteiger partial charge in [0.2, 0.25) is 11.8 Å². The maximum Gasteiger partial charge on any atom is 0.443 e. The van der Waals surface area contributed by atoms with E-state index in [0.29, 0.717) is 50.5 Å². The van der Waals surface area contributed by atoms with Gasteiger partial charge in [0.1, 0.15) is 22.9 Å². The van der Waals surface area contributed by atoms with Gasteiger partial charge in [-0.15, -0.1) is 3.53 Å². The molecule has 20 heteroatoms. The second kappa shape index (κ2) is 21.3. The number of hydrogen-bond donors (Lipinski definition) is 3. The van der Waals surface area contributed by atoms with Crippen molar-refractivity contribution in [1.82, 2.24) is 33.7 Å². The average Bonchev–Trinajstić information content (AvgIpc) is 3.88. The Morgan fingerprint density at radius 1 is 0.892 bits per heavy atom. The van der Waals surface area contributed by atoms with E-state index in [-0.39, 0.29) is 92.2 Å². The lowest BCUT2D eigenvalue weighted by Gasteiger charge is -2.39. The Bertz CT molecular complexity index is 3020. The minimum atomic E-state index is -1.08. The van der Waals surface area contributed by atoms with Gasteiger partial charge in [0.05, 0.1) is 35.0 Å². The first kappa shape index (κ1) is 52.0. The van der Waals surface area contributed by atoms with E-state index >= 15 is 17.6 Å². The van der Waals surface area contributed by atoms with Gasteiger partial charge in [0, 0.05) is 86.5 Å². The fourth-order valence-corrected chi connectivity index (χ4v) is 15.5. The number of benzene rings is 4. The largest absolute Gasteiger partial charge is 0.494 e. The highest BCUT2D eigenvalue weighted by Crippen LogP contribution is 2.54. The van der Waals surface area contributed by atoms with Crippen molar-refractivity contribution in [3.8, 4) is 22.6 Å². The number of imide groups is 1. The molecular formula is C54H59ClF4IN8O6+. The summed E-state index contributed by atoms with van der Waals surface area (Å²) in [5.41, 5.74) is 1.38. The summed E-state index contributed by atoms with van der Waals surface area (Å²) in [6.07, 6.45) is 6.06. The number of likely N-dealkylation sites (tertiary alicyclic amines) is 2. The Kier molecular flexibility index (Phi) is 14.9. The summed E-state index contributed by atoms with van der Waals surface area (Å²) < 4.78 is 80.8. The number of ether oxygens (including phenoxy) is 2. The average molecular weight is 1150 g/mol. The zero-order valence-corrected chi connectivity index (χ0v) is 44.6. The van der Waals surface area contributed by atoms with Crippen LogP contribution in [-0.2, 0) is 20.2 Å². The molecule has 1 saturated carbocycles. The van der Waals surface area contributed by atoms with Crippen LogP contribution in [0.3, 0.4) is 0 Å². The summed E-state index contributed by atoms with van der Waals surface area (Å²) in [6.45, 7) is 5.66. The summed E-state index contributed by atoms with van der Waals surface area (Å²) in [6, 6.07) is 14.4. The maximum absolute atomic E-state index is 16.4. The van der Waals surface area contributed by atoms with Crippen LogP contribution in [0, 0.1) is 35.1 Å². The Balaban J connectivity index is 0.738. The van der Waals surface area contributed by atoms with Crippen LogP contribution in [0.1, 0.15) is 104 Å². The Morgan fingerprint density at radius 3 is 2.28 bits per heavy atom. The molecule has 5 aromatic rings. The molecule has 0 spiro atoms. The van der Waals surface area contributed by atoms with Crippen LogP contribution in [0.15, 0.2) is 54.6 Å². The Labute approximate surface area is 442 Å². The van der Waals surface area contributed by atoms with Gasteiger partial charge in [-0.3, -0.25) is 29.3 Å². The summed E-state index contributed by atoms with van der Waals surface area (Å²) in [5, 5.41) is 9.02. The van der Waals surface area contributed by atoms with Crippen LogP contribution in [0.4, 0.5) is 28.2 Å². The highest BCUT2D eigenvalue weighted by Gasteiger charge is 2.61. The zero-order valence-electron chi connectivity index (χ0n) is 41.6. The molecule has 3 saturated heterocycles. The van der Waals surface area contributed by atoms with Crippen molar-refractivity contribution in [2.45, 2.75) is 86.2 Å². The van der Waals surface area contributed by atoms with E-state index in [1.54, 1.807) is 7.05 Å². The van der Waals surface area contributed by atoms with Gasteiger partial charge in [-0.25, -0.2) is 22.4 Å². The number of anilines is 1. The number of halogens is 6. The third-order valence-electron chi connectivity index (χ3n) is 15.9. The molecule has 0 bridgehead atoms. The molecule has 10 rings (SSSR count).